The second kappa shape index (κ2) is 6.46. The van der Waals surface area contributed by atoms with E-state index < -0.39 is 10.0 Å². The number of nitrogens with one attached hydrogen (secondary N) is 2. The van der Waals surface area contributed by atoms with Gasteiger partial charge in [-0.2, -0.15) is 0 Å². The van der Waals surface area contributed by atoms with Gasteiger partial charge in [0.1, 0.15) is 0 Å². The highest BCUT2D eigenvalue weighted by molar-refractivity contribution is 7.89. The fraction of sp³-hybridized carbons (Fsp3) is 0.211. The van der Waals surface area contributed by atoms with Crippen LogP contribution in [0.3, 0.4) is 0 Å². The molecule has 0 aliphatic carbocycles. The van der Waals surface area contributed by atoms with E-state index in [1.54, 1.807) is 25.1 Å². The third-order valence-corrected chi connectivity index (χ3v) is 5.79. The maximum atomic E-state index is 12.6. The first-order valence-electron chi connectivity index (χ1n) is 7.96. The predicted octanol–water partition coefficient (Wildman–Crippen LogP) is 2.93. The number of para-hydroxylation sites is 1. The van der Waals surface area contributed by atoms with Crippen molar-refractivity contribution in [2.24, 2.45) is 0 Å². The quantitative estimate of drug-likeness (QED) is 0.754. The number of H-pyrrole nitrogens is 1. The summed E-state index contributed by atoms with van der Waals surface area (Å²) >= 11 is 0. The van der Waals surface area contributed by atoms with Crippen LogP contribution in [0.5, 0.6) is 0 Å². The second-order valence-corrected chi connectivity index (χ2v) is 7.99. The lowest BCUT2D eigenvalue weighted by Crippen LogP contribution is -2.27. The molecule has 0 radical (unpaired) electrons. The van der Waals surface area contributed by atoms with E-state index in [-0.39, 0.29) is 17.0 Å². The molecule has 3 rings (SSSR count). The highest BCUT2D eigenvalue weighted by Gasteiger charge is 2.17. The molecule has 0 amide bonds. The molecule has 6 heteroatoms. The Morgan fingerprint density at radius 3 is 2.52 bits per heavy atom. The van der Waals surface area contributed by atoms with Crippen LogP contribution in [-0.4, -0.2) is 13.4 Å². The molecule has 2 aromatic carbocycles. The minimum atomic E-state index is -3.69. The number of aryl methyl sites for hydroxylation is 3. The van der Waals surface area contributed by atoms with Crippen LogP contribution in [0.15, 0.2) is 52.2 Å². The zero-order valence-corrected chi connectivity index (χ0v) is 15.2. The summed E-state index contributed by atoms with van der Waals surface area (Å²) in [6.07, 6.45) is 0. The number of fused-ring (bicyclic) bond motifs is 1. The van der Waals surface area contributed by atoms with Gasteiger partial charge in [0.25, 0.3) is 5.56 Å². The Labute approximate surface area is 146 Å². The van der Waals surface area contributed by atoms with Gasteiger partial charge in [-0.05, 0) is 55.0 Å². The van der Waals surface area contributed by atoms with Crippen molar-refractivity contribution in [2.75, 3.05) is 0 Å². The van der Waals surface area contributed by atoms with Crippen LogP contribution in [0.1, 0.15) is 22.3 Å². The fourth-order valence-electron chi connectivity index (χ4n) is 2.81. The van der Waals surface area contributed by atoms with Crippen LogP contribution >= 0.6 is 0 Å². The van der Waals surface area contributed by atoms with Gasteiger partial charge >= 0.3 is 0 Å². The Hall–Kier alpha value is -2.44. The molecule has 3 aromatic rings. The van der Waals surface area contributed by atoms with Crippen molar-refractivity contribution in [2.45, 2.75) is 32.2 Å². The molecule has 0 spiro atoms. The smallest absolute Gasteiger partial charge is 0.252 e. The first-order chi connectivity index (χ1) is 11.8. The minimum Gasteiger partial charge on any atom is -0.321 e. The van der Waals surface area contributed by atoms with Crippen molar-refractivity contribution < 1.29 is 8.42 Å². The van der Waals surface area contributed by atoms with Gasteiger partial charge in [0.2, 0.25) is 10.0 Å². The Kier molecular flexibility index (Phi) is 4.49. The predicted molar refractivity (Wildman–Crippen MR) is 99.2 cm³/mol. The standard InChI is InChI=1S/C19H20N2O3S/c1-12-7-8-13(2)17(9-12)25(23,24)20-11-16-10-15-6-4-5-14(3)18(15)21-19(16)22/h4-10,20H,11H2,1-3H3,(H,21,22). The first-order valence-corrected chi connectivity index (χ1v) is 9.45. The summed E-state index contributed by atoms with van der Waals surface area (Å²) in [7, 11) is -3.69. The van der Waals surface area contributed by atoms with Crippen LogP contribution in [-0.2, 0) is 16.6 Å². The average Bonchev–Trinajstić information content (AvgIpc) is 2.56. The average molecular weight is 356 g/mol. The van der Waals surface area contributed by atoms with E-state index in [1.807, 2.05) is 38.1 Å². The molecule has 0 aliphatic heterocycles. The minimum absolute atomic E-state index is 0.0606. The zero-order chi connectivity index (χ0) is 18.2. The number of hydrogen-bond acceptors (Lipinski definition) is 3. The molecule has 130 valence electrons. The van der Waals surface area contributed by atoms with E-state index in [4.69, 9.17) is 0 Å². The molecular formula is C19H20N2O3S. The van der Waals surface area contributed by atoms with Crippen molar-refractivity contribution in [3.63, 3.8) is 0 Å². The number of rotatable bonds is 4. The summed E-state index contributed by atoms with van der Waals surface area (Å²) in [5, 5.41) is 0.875. The lowest BCUT2D eigenvalue weighted by Gasteiger charge is -2.11. The summed E-state index contributed by atoms with van der Waals surface area (Å²) in [6.45, 7) is 5.45. The summed E-state index contributed by atoms with van der Waals surface area (Å²) in [6, 6.07) is 12.7. The fourth-order valence-corrected chi connectivity index (χ4v) is 4.14. The molecule has 25 heavy (non-hydrogen) atoms. The maximum absolute atomic E-state index is 12.6. The summed E-state index contributed by atoms with van der Waals surface area (Å²) < 4.78 is 27.7. The van der Waals surface area contributed by atoms with Gasteiger partial charge in [-0.15, -0.1) is 0 Å². The van der Waals surface area contributed by atoms with Gasteiger partial charge < -0.3 is 4.98 Å². The highest BCUT2D eigenvalue weighted by Crippen LogP contribution is 2.18. The molecule has 0 fully saturated rings. The lowest BCUT2D eigenvalue weighted by molar-refractivity contribution is 0.580. The van der Waals surface area contributed by atoms with Crippen molar-refractivity contribution in [1.82, 2.24) is 9.71 Å². The molecule has 1 aromatic heterocycles. The number of hydrogen-bond donors (Lipinski definition) is 2. The third-order valence-electron chi connectivity index (χ3n) is 4.25. The van der Waals surface area contributed by atoms with Crippen molar-refractivity contribution in [3.05, 3.63) is 75.1 Å². The van der Waals surface area contributed by atoms with Gasteiger partial charge in [0.15, 0.2) is 0 Å². The maximum Gasteiger partial charge on any atom is 0.252 e. The number of aromatic amines is 1. The molecule has 1 heterocycles. The number of benzene rings is 2. The molecule has 0 aliphatic rings. The third kappa shape index (κ3) is 3.50. The number of aromatic nitrogens is 1. The first kappa shape index (κ1) is 17.4. The number of pyridine rings is 1. The van der Waals surface area contributed by atoms with E-state index in [1.165, 1.54) is 0 Å². The van der Waals surface area contributed by atoms with Crippen LogP contribution in [0.25, 0.3) is 10.9 Å². The van der Waals surface area contributed by atoms with Crippen LogP contribution in [0.4, 0.5) is 0 Å². The van der Waals surface area contributed by atoms with Gasteiger partial charge in [-0.25, -0.2) is 13.1 Å². The molecule has 5 nitrogen and oxygen atoms in total. The van der Waals surface area contributed by atoms with Gasteiger partial charge in [-0.3, -0.25) is 4.79 Å². The van der Waals surface area contributed by atoms with Crippen molar-refractivity contribution in [1.29, 1.82) is 0 Å². The normalized spacial score (nSPS) is 11.8. The monoisotopic (exact) mass is 356 g/mol. The summed E-state index contributed by atoms with van der Waals surface area (Å²) in [4.78, 5) is 15.3. The van der Waals surface area contributed by atoms with Gasteiger partial charge in [0.05, 0.1) is 10.4 Å². The SMILES string of the molecule is Cc1ccc(C)c(S(=O)(=O)NCc2cc3cccc(C)c3[nH]c2=O)c1. The highest BCUT2D eigenvalue weighted by atomic mass is 32.2. The largest absolute Gasteiger partial charge is 0.321 e. The Balaban J connectivity index is 1.93. The van der Waals surface area contributed by atoms with E-state index in [0.29, 0.717) is 11.1 Å². The van der Waals surface area contributed by atoms with Crippen molar-refractivity contribution in [3.8, 4) is 0 Å². The van der Waals surface area contributed by atoms with Crippen LogP contribution in [0.2, 0.25) is 0 Å². The Morgan fingerprint density at radius 2 is 1.76 bits per heavy atom. The molecule has 0 atom stereocenters. The van der Waals surface area contributed by atoms with E-state index in [2.05, 4.69) is 9.71 Å². The second-order valence-electron chi connectivity index (χ2n) is 6.26. The number of sulfonamides is 1. The van der Waals surface area contributed by atoms with Crippen LogP contribution in [0, 0.1) is 20.8 Å². The molecule has 0 saturated carbocycles. The van der Waals surface area contributed by atoms with Crippen molar-refractivity contribution >= 4 is 20.9 Å². The van der Waals surface area contributed by atoms with Gasteiger partial charge in [-0.1, -0.05) is 30.3 Å². The zero-order valence-electron chi connectivity index (χ0n) is 14.4. The van der Waals surface area contributed by atoms with E-state index in [9.17, 15) is 13.2 Å². The van der Waals surface area contributed by atoms with E-state index in [0.717, 1.165) is 22.0 Å². The molecular weight excluding hydrogens is 336 g/mol. The van der Waals surface area contributed by atoms with Crippen LogP contribution < -0.4 is 10.3 Å². The van der Waals surface area contributed by atoms with Gasteiger partial charge in [0, 0.05) is 12.1 Å². The molecule has 0 saturated heterocycles. The Bertz CT molecular complexity index is 1120. The molecule has 0 bridgehead atoms. The Morgan fingerprint density at radius 1 is 1.00 bits per heavy atom. The van der Waals surface area contributed by atoms with E-state index >= 15 is 0 Å². The summed E-state index contributed by atoms with van der Waals surface area (Å²) in [5.74, 6) is 0. The molecule has 0 unspecified atom stereocenters. The lowest BCUT2D eigenvalue weighted by atomic mass is 10.1. The molecule has 2 N–H and O–H groups in total. The summed E-state index contributed by atoms with van der Waals surface area (Å²) in [5.41, 5.74) is 3.37. The topological polar surface area (TPSA) is 79.0 Å².